The van der Waals surface area contributed by atoms with Gasteiger partial charge in [0.25, 0.3) is 15.7 Å². The Balaban J connectivity index is 2.46. The van der Waals surface area contributed by atoms with E-state index in [4.69, 9.17) is 4.74 Å². The zero-order valence-electron chi connectivity index (χ0n) is 12.9. The van der Waals surface area contributed by atoms with Crippen LogP contribution >= 0.6 is 0 Å². The average Bonchev–Trinajstić information content (AvgIpc) is 2.54. The summed E-state index contributed by atoms with van der Waals surface area (Å²) in [6.07, 6.45) is 0. The number of hydrogen-bond donors (Lipinski definition) is 0. The van der Waals surface area contributed by atoms with Crippen molar-refractivity contribution >= 4 is 21.4 Å². The molecule has 2 aromatic carbocycles. The smallest absolute Gasteiger partial charge is 0.269 e. The molecule has 0 saturated carbocycles. The Kier molecular flexibility index (Phi) is 4.55. The number of hydrogen-bond acceptors (Lipinski definition) is 5. The van der Waals surface area contributed by atoms with Crippen LogP contribution in [0, 0.1) is 17.0 Å². The van der Waals surface area contributed by atoms with Crippen LogP contribution in [0.1, 0.15) is 5.56 Å². The van der Waals surface area contributed by atoms with Gasteiger partial charge < -0.3 is 4.74 Å². The first kappa shape index (κ1) is 16.8. The molecule has 0 bridgehead atoms. The average molecular weight is 336 g/mol. The van der Waals surface area contributed by atoms with Gasteiger partial charge >= 0.3 is 0 Å². The van der Waals surface area contributed by atoms with Gasteiger partial charge in [-0.1, -0.05) is 6.07 Å². The highest BCUT2D eigenvalue weighted by Gasteiger charge is 2.24. The van der Waals surface area contributed by atoms with Crippen molar-refractivity contribution in [2.45, 2.75) is 11.8 Å². The molecule has 2 aromatic rings. The fraction of sp³-hybridized carbons (Fsp3) is 0.200. The van der Waals surface area contributed by atoms with E-state index in [2.05, 4.69) is 0 Å². The first-order valence-electron chi connectivity index (χ1n) is 6.65. The van der Waals surface area contributed by atoms with Crippen LogP contribution in [0.15, 0.2) is 47.4 Å². The molecule has 0 heterocycles. The first-order valence-corrected chi connectivity index (χ1v) is 8.09. The monoisotopic (exact) mass is 336 g/mol. The van der Waals surface area contributed by atoms with Crippen LogP contribution in [0.25, 0.3) is 0 Å². The van der Waals surface area contributed by atoms with Crippen molar-refractivity contribution in [2.24, 2.45) is 0 Å². The van der Waals surface area contributed by atoms with E-state index in [-0.39, 0.29) is 10.6 Å². The quantitative estimate of drug-likeness (QED) is 0.618. The van der Waals surface area contributed by atoms with Crippen molar-refractivity contribution < 1.29 is 18.1 Å². The fourth-order valence-electron chi connectivity index (χ4n) is 2.07. The number of methoxy groups -OCH3 is 1. The Labute approximate surface area is 134 Å². The Morgan fingerprint density at radius 1 is 1.13 bits per heavy atom. The molecule has 0 amide bonds. The molecule has 0 N–H and O–H groups in total. The van der Waals surface area contributed by atoms with Crippen molar-refractivity contribution in [1.82, 2.24) is 0 Å². The van der Waals surface area contributed by atoms with Crippen molar-refractivity contribution in [1.29, 1.82) is 0 Å². The van der Waals surface area contributed by atoms with Crippen molar-refractivity contribution in [3.63, 3.8) is 0 Å². The van der Waals surface area contributed by atoms with Gasteiger partial charge in [-0.3, -0.25) is 14.4 Å². The predicted molar refractivity (Wildman–Crippen MR) is 86.4 cm³/mol. The van der Waals surface area contributed by atoms with Gasteiger partial charge in [-0.2, -0.15) is 0 Å². The lowest BCUT2D eigenvalue weighted by molar-refractivity contribution is -0.384. The molecule has 0 aliphatic rings. The lowest BCUT2D eigenvalue weighted by atomic mass is 10.2. The van der Waals surface area contributed by atoms with Crippen LogP contribution in [0.2, 0.25) is 0 Å². The number of anilines is 1. The maximum absolute atomic E-state index is 12.7. The minimum absolute atomic E-state index is 0.0332. The molecular weight excluding hydrogens is 320 g/mol. The molecule has 0 aliphatic carbocycles. The summed E-state index contributed by atoms with van der Waals surface area (Å²) >= 11 is 0. The topological polar surface area (TPSA) is 89.8 Å². The molecule has 0 aliphatic heterocycles. The Morgan fingerprint density at radius 3 is 2.26 bits per heavy atom. The molecule has 122 valence electrons. The van der Waals surface area contributed by atoms with Crippen LogP contribution in [0.5, 0.6) is 5.75 Å². The molecular formula is C15H16N2O5S. The van der Waals surface area contributed by atoms with Gasteiger partial charge in [-0.15, -0.1) is 0 Å². The van der Waals surface area contributed by atoms with E-state index in [0.717, 1.165) is 22.0 Å². The molecule has 23 heavy (non-hydrogen) atoms. The van der Waals surface area contributed by atoms with Crippen molar-refractivity contribution in [3.8, 4) is 5.75 Å². The molecule has 8 heteroatoms. The third-order valence-corrected chi connectivity index (χ3v) is 5.17. The Hall–Kier alpha value is -2.61. The highest BCUT2D eigenvalue weighted by molar-refractivity contribution is 7.92. The van der Waals surface area contributed by atoms with Crippen molar-refractivity contribution in [2.75, 3.05) is 18.5 Å². The van der Waals surface area contributed by atoms with E-state index in [1.807, 2.05) is 13.0 Å². The minimum Gasteiger partial charge on any atom is -0.495 e. The van der Waals surface area contributed by atoms with Gasteiger partial charge in [0.2, 0.25) is 0 Å². The Bertz CT molecular complexity index is 831. The SMILES string of the molecule is COc1ccc(C)cc1N(C)S(=O)(=O)c1ccc([N+](=O)[O-])cc1. The summed E-state index contributed by atoms with van der Waals surface area (Å²) in [7, 11) is -0.984. The molecule has 2 rings (SSSR count). The third kappa shape index (κ3) is 3.26. The largest absolute Gasteiger partial charge is 0.495 e. The number of rotatable bonds is 5. The molecule has 0 spiro atoms. The standard InChI is InChI=1S/C15H16N2O5S/c1-11-4-9-15(22-3)14(10-11)16(2)23(20,21)13-7-5-12(6-8-13)17(18)19/h4-10H,1-3H3. The van der Waals surface area contributed by atoms with Crippen molar-refractivity contribution in [3.05, 3.63) is 58.1 Å². The second kappa shape index (κ2) is 6.25. The van der Waals surface area contributed by atoms with E-state index in [1.165, 1.54) is 26.3 Å². The van der Waals surface area contributed by atoms with Gasteiger partial charge in [0, 0.05) is 19.2 Å². The molecule has 7 nitrogen and oxygen atoms in total. The third-order valence-electron chi connectivity index (χ3n) is 3.38. The van der Waals surface area contributed by atoms with Crippen LogP contribution in [0.3, 0.4) is 0 Å². The number of sulfonamides is 1. The maximum atomic E-state index is 12.7. The van der Waals surface area contributed by atoms with Crippen LogP contribution in [-0.4, -0.2) is 27.5 Å². The highest BCUT2D eigenvalue weighted by atomic mass is 32.2. The van der Waals surface area contributed by atoms with Gasteiger partial charge in [0.05, 0.1) is 22.6 Å². The maximum Gasteiger partial charge on any atom is 0.269 e. The summed E-state index contributed by atoms with van der Waals surface area (Å²) in [6.45, 7) is 1.84. The molecule has 0 radical (unpaired) electrons. The normalized spacial score (nSPS) is 11.1. The number of non-ortho nitro benzene ring substituents is 1. The van der Waals surface area contributed by atoms with Crippen LogP contribution < -0.4 is 9.04 Å². The van der Waals surface area contributed by atoms with Crippen LogP contribution in [0.4, 0.5) is 11.4 Å². The summed E-state index contributed by atoms with van der Waals surface area (Å²) in [6, 6.07) is 9.95. The van der Waals surface area contributed by atoms with E-state index in [9.17, 15) is 18.5 Å². The number of benzene rings is 2. The number of aryl methyl sites for hydroxylation is 1. The number of nitrogens with zero attached hydrogens (tertiary/aromatic N) is 2. The fourth-order valence-corrected chi connectivity index (χ4v) is 3.27. The van der Waals surface area contributed by atoms with E-state index in [0.29, 0.717) is 11.4 Å². The second-order valence-corrected chi connectivity index (χ2v) is 6.87. The predicted octanol–water partition coefficient (Wildman–Crippen LogP) is 2.74. The zero-order valence-corrected chi connectivity index (χ0v) is 13.7. The van der Waals surface area contributed by atoms with E-state index < -0.39 is 14.9 Å². The van der Waals surface area contributed by atoms with Crippen LogP contribution in [-0.2, 0) is 10.0 Å². The minimum atomic E-state index is -3.85. The van der Waals surface area contributed by atoms with Gasteiger partial charge in [0.15, 0.2) is 0 Å². The molecule has 0 fully saturated rings. The van der Waals surface area contributed by atoms with Gasteiger partial charge in [-0.05, 0) is 36.8 Å². The summed E-state index contributed by atoms with van der Waals surface area (Å²) < 4.78 is 31.7. The molecule has 0 aromatic heterocycles. The number of nitro groups is 1. The van der Waals surface area contributed by atoms with E-state index in [1.54, 1.807) is 12.1 Å². The second-order valence-electron chi connectivity index (χ2n) is 4.90. The number of ether oxygens (including phenoxy) is 1. The lowest BCUT2D eigenvalue weighted by Gasteiger charge is -2.22. The summed E-state index contributed by atoms with van der Waals surface area (Å²) in [4.78, 5) is 10.1. The molecule has 0 saturated heterocycles. The Morgan fingerprint density at radius 2 is 1.74 bits per heavy atom. The number of nitro benzene ring substituents is 1. The summed E-state index contributed by atoms with van der Waals surface area (Å²) in [5.41, 5.74) is 1.11. The lowest BCUT2D eigenvalue weighted by Crippen LogP contribution is -2.27. The summed E-state index contributed by atoms with van der Waals surface area (Å²) in [5, 5.41) is 10.7. The summed E-state index contributed by atoms with van der Waals surface area (Å²) in [5.74, 6) is 0.420. The zero-order chi connectivity index (χ0) is 17.2. The van der Waals surface area contributed by atoms with Gasteiger partial charge in [0.1, 0.15) is 5.75 Å². The molecule has 0 atom stereocenters. The van der Waals surface area contributed by atoms with E-state index >= 15 is 0 Å². The van der Waals surface area contributed by atoms with Gasteiger partial charge in [-0.25, -0.2) is 8.42 Å². The highest BCUT2D eigenvalue weighted by Crippen LogP contribution is 2.32. The molecule has 0 unspecified atom stereocenters. The first-order chi connectivity index (χ1) is 10.8.